The fourth-order valence-corrected chi connectivity index (χ4v) is 4.21. The lowest BCUT2D eigenvalue weighted by Gasteiger charge is -2.37. The van der Waals surface area contributed by atoms with E-state index in [1.165, 1.54) is 12.8 Å². The maximum atomic E-state index is 12.9. The van der Waals surface area contributed by atoms with E-state index in [0.29, 0.717) is 38.0 Å². The molecule has 2 aliphatic rings. The van der Waals surface area contributed by atoms with Crippen LogP contribution in [0.4, 0.5) is 4.79 Å². The van der Waals surface area contributed by atoms with Gasteiger partial charge in [-0.2, -0.15) is 5.10 Å². The van der Waals surface area contributed by atoms with Crippen LogP contribution in [0.3, 0.4) is 0 Å². The highest BCUT2D eigenvalue weighted by molar-refractivity contribution is 5.96. The molecule has 0 aliphatic carbocycles. The minimum absolute atomic E-state index is 0.0358. The van der Waals surface area contributed by atoms with Gasteiger partial charge in [0.15, 0.2) is 0 Å². The summed E-state index contributed by atoms with van der Waals surface area (Å²) in [5.41, 5.74) is 1.95. The molecule has 0 radical (unpaired) electrons. The molecule has 1 aromatic heterocycles. The molecule has 7 heteroatoms. The first-order valence-electron chi connectivity index (χ1n) is 10.1. The highest BCUT2D eigenvalue weighted by Crippen LogP contribution is 2.34. The number of unbranched alkanes of at least 4 members (excludes halogenated alkanes) is 3. The molecule has 2 saturated heterocycles. The number of hydrogen-bond donors (Lipinski definition) is 0. The van der Waals surface area contributed by atoms with E-state index in [1.807, 2.05) is 30.7 Å². The molecule has 0 atom stereocenters. The highest BCUT2D eigenvalue weighted by Gasteiger charge is 2.47. The molecule has 2 aliphatic heterocycles. The third kappa shape index (κ3) is 3.96. The van der Waals surface area contributed by atoms with Crippen molar-refractivity contribution in [2.45, 2.75) is 64.9 Å². The summed E-state index contributed by atoms with van der Waals surface area (Å²) in [4.78, 5) is 28.9. The Balaban J connectivity index is 1.57. The van der Waals surface area contributed by atoms with Crippen molar-refractivity contribution in [1.29, 1.82) is 0 Å². The Labute approximate surface area is 161 Å². The van der Waals surface area contributed by atoms with Crippen molar-refractivity contribution in [2.24, 2.45) is 7.05 Å². The third-order valence-corrected chi connectivity index (χ3v) is 6.01. The van der Waals surface area contributed by atoms with Crippen LogP contribution in [0.5, 0.6) is 0 Å². The van der Waals surface area contributed by atoms with Crippen molar-refractivity contribution >= 4 is 12.0 Å². The van der Waals surface area contributed by atoms with Gasteiger partial charge in [-0.25, -0.2) is 4.79 Å². The van der Waals surface area contributed by atoms with Crippen LogP contribution in [-0.2, 0) is 11.8 Å². The lowest BCUT2D eigenvalue weighted by atomic mass is 9.91. The van der Waals surface area contributed by atoms with Crippen LogP contribution in [0, 0.1) is 13.8 Å². The molecular formula is C20H32N4O3. The zero-order chi connectivity index (χ0) is 19.6. The summed E-state index contributed by atoms with van der Waals surface area (Å²) in [7, 11) is 1.86. The number of nitrogens with zero attached hydrogens (tertiary/aromatic N) is 4. The lowest BCUT2D eigenvalue weighted by Crippen LogP contribution is -2.49. The summed E-state index contributed by atoms with van der Waals surface area (Å²) < 4.78 is 7.53. The van der Waals surface area contributed by atoms with Gasteiger partial charge in [0.25, 0.3) is 5.91 Å². The summed E-state index contributed by atoms with van der Waals surface area (Å²) in [6.45, 7) is 8.65. The average molecular weight is 377 g/mol. The summed E-state index contributed by atoms with van der Waals surface area (Å²) in [6.07, 6.45) is 5.79. The standard InChI is InChI=1S/C20H32N4O3/c1-5-6-7-8-11-24-14-20(27-19(24)26)9-12-23(13-10-20)18(25)17-15(2)21-22(4)16(17)3/h5-14H2,1-4H3. The minimum Gasteiger partial charge on any atom is -0.441 e. The smallest absolute Gasteiger partial charge is 0.410 e. The zero-order valence-corrected chi connectivity index (χ0v) is 17.1. The number of aromatic nitrogens is 2. The Kier molecular flexibility index (Phi) is 5.77. The fourth-order valence-electron chi connectivity index (χ4n) is 4.21. The molecule has 0 unspecified atom stereocenters. The number of aryl methyl sites for hydroxylation is 2. The van der Waals surface area contributed by atoms with E-state index in [2.05, 4.69) is 12.0 Å². The normalized spacial score (nSPS) is 19.0. The predicted octanol–water partition coefficient (Wildman–Crippen LogP) is 3.04. The van der Waals surface area contributed by atoms with E-state index < -0.39 is 5.60 Å². The second kappa shape index (κ2) is 7.90. The van der Waals surface area contributed by atoms with E-state index >= 15 is 0 Å². The molecule has 7 nitrogen and oxygen atoms in total. The Bertz CT molecular complexity index is 704. The van der Waals surface area contributed by atoms with Gasteiger partial charge in [-0.3, -0.25) is 9.48 Å². The molecule has 2 fully saturated rings. The van der Waals surface area contributed by atoms with Crippen molar-refractivity contribution in [3.05, 3.63) is 17.0 Å². The van der Waals surface area contributed by atoms with Crippen LogP contribution in [0.15, 0.2) is 0 Å². The third-order valence-electron chi connectivity index (χ3n) is 6.01. The SMILES string of the molecule is CCCCCCN1CC2(CCN(C(=O)c3c(C)nn(C)c3C)CC2)OC1=O. The van der Waals surface area contributed by atoms with Gasteiger partial charge in [-0.15, -0.1) is 0 Å². The first-order chi connectivity index (χ1) is 12.9. The van der Waals surface area contributed by atoms with Crippen LogP contribution < -0.4 is 0 Å². The first-order valence-corrected chi connectivity index (χ1v) is 10.1. The van der Waals surface area contributed by atoms with Crippen LogP contribution in [0.25, 0.3) is 0 Å². The molecule has 150 valence electrons. The maximum absolute atomic E-state index is 12.9. The molecule has 27 heavy (non-hydrogen) atoms. The highest BCUT2D eigenvalue weighted by atomic mass is 16.6. The molecule has 0 bridgehead atoms. The molecule has 0 saturated carbocycles. The molecule has 3 rings (SSSR count). The van der Waals surface area contributed by atoms with Gasteiger partial charge in [0.1, 0.15) is 5.60 Å². The van der Waals surface area contributed by atoms with E-state index in [4.69, 9.17) is 4.74 Å². The Hall–Kier alpha value is -2.05. The molecule has 2 amide bonds. The number of hydrogen-bond acceptors (Lipinski definition) is 4. The van der Waals surface area contributed by atoms with Crippen molar-refractivity contribution < 1.29 is 14.3 Å². The molecule has 0 aromatic carbocycles. The Morgan fingerprint density at radius 2 is 1.89 bits per heavy atom. The molecule has 0 N–H and O–H groups in total. The van der Waals surface area contributed by atoms with Gasteiger partial charge in [-0.1, -0.05) is 26.2 Å². The van der Waals surface area contributed by atoms with Crippen molar-refractivity contribution in [2.75, 3.05) is 26.2 Å². The predicted molar refractivity (Wildman–Crippen MR) is 103 cm³/mol. The number of likely N-dealkylation sites (tertiary alicyclic amines) is 1. The average Bonchev–Trinajstić information content (AvgIpc) is 3.07. The van der Waals surface area contributed by atoms with Crippen LogP contribution in [-0.4, -0.2) is 63.4 Å². The number of rotatable bonds is 6. The van der Waals surface area contributed by atoms with Gasteiger partial charge in [0.2, 0.25) is 0 Å². The van der Waals surface area contributed by atoms with Crippen LogP contribution in [0.1, 0.15) is 67.2 Å². The summed E-state index contributed by atoms with van der Waals surface area (Å²) in [5.74, 6) is 0.0358. The van der Waals surface area contributed by atoms with E-state index in [0.717, 1.165) is 30.8 Å². The van der Waals surface area contributed by atoms with E-state index in [9.17, 15) is 9.59 Å². The van der Waals surface area contributed by atoms with E-state index in [-0.39, 0.29) is 12.0 Å². The van der Waals surface area contributed by atoms with Crippen molar-refractivity contribution in [1.82, 2.24) is 19.6 Å². The van der Waals surface area contributed by atoms with Gasteiger partial charge in [-0.05, 0) is 20.3 Å². The zero-order valence-electron chi connectivity index (χ0n) is 17.1. The number of piperidine rings is 1. The quantitative estimate of drug-likeness (QED) is 0.716. The van der Waals surface area contributed by atoms with Gasteiger partial charge < -0.3 is 14.5 Å². The van der Waals surface area contributed by atoms with Crippen molar-refractivity contribution in [3.8, 4) is 0 Å². The number of amides is 2. The largest absolute Gasteiger partial charge is 0.441 e. The molecule has 1 spiro atoms. The van der Waals surface area contributed by atoms with Crippen LogP contribution in [0.2, 0.25) is 0 Å². The van der Waals surface area contributed by atoms with Gasteiger partial charge >= 0.3 is 6.09 Å². The topological polar surface area (TPSA) is 67.7 Å². The number of ether oxygens (including phenoxy) is 1. The fraction of sp³-hybridized carbons (Fsp3) is 0.750. The monoisotopic (exact) mass is 376 g/mol. The molecular weight excluding hydrogens is 344 g/mol. The Morgan fingerprint density at radius 3 is 2.48 bits per heavy atom. The maximum Gasteiger partial charge on any atom is 0.410 e. The number of carbonyl (C=O) groups is 2. The summed E-state index contributed by atoms with van der Waals surface area (Å²) in [5, 5.41) is 4.35. The second-order valence-corrected chi connectivity index (χ2v) is 7.99. The van der Waals surface area contributed by atoms with Gasteiger partial charge in [0.05, 0.1) is 17.8 Å². The lowest BCUT2D eigenvalue weighted by molar-refractivity contribution is 0.00310. The second-order valence-electron chi connectivity index (χ2n) is 7.99. The minimum atomic E-state index is -0.419. The first kappa shape index (κ1) is 19.7. The summed E-state index contributed by atoms with van der Waals surface area (Å²) >= 11 is 0. The molecule has 3 heterocycles. The van der Waals surface area contributed by atoms with E-state index in [1.54, 1.807) is 4.68 Å². The van der Waals surface area contributed by atoms with Crippen molar-refractivity contribution in [3.63, 3.8) is 0 Å². The molecule has 1 aromatic rings. The number of carbonyl (C=O) groups excluding carboxylic acids is 2. The van der Waals surface area contributed by atoms with Gasteiger partial charge in [0, 0.05) is 45.2 Å². The summed E-state index contributed by atoms with van der Waals surface area (Å²) in [6, 6.07) is 0. The Morgan fingerprint density at radius 1 is 1.19 bits per heavy atom. The van der Waals surface area contributed by atoms with Crippen LogP contribution >= 0.6 is 0 Å².